The van der Waals surface area contributed by atoms with Gasteiger partial charge < -0.3 is 5.11 Å². The lowest BCUT2D eigenvalue weighted by molar-refractivity contribution is 0.0921. The van der Waals surface area contributed by atoms with Gasteiger partial charge >= 0.3 is 0 Å². The Morgan fingerprint density at radius 1 is 1.07 bits per heavy atom. The first-order valence-corrected chi connectivity index (χ1v) is 5.83. The van der Waals surface area contributed by atoms with Gasteiger partial charge in [-0.1, -0.05) is 44.2 Å². The third kappa shape index (κ3) is 4.05. The molecule has 0 saturated carbocycles. The predicted molar refractivity (Wildman–Crippen MR) is 64.8 cm³/mol. The van der Waals surface area contributed by atoms with Crippen LogP contribution in [0.5, 0.6) is 0 Å². The first-order valence-electron chi connectivity index (χ1n) is 5.83. The molecule has 1 N–H and O–H groups in total. The van der Waals surface area contributed by atoms with Gasteiger partial charge in [0, 0.05) is 0 Å². The summed E-state index contributed by atoms with van der Waals surface area (Å²) in [6.45, 7) is 6.26. The van der Waals surface area contributed by atoms with Crippen molar-refractivity contribution in [3.05, 3.63) is 35.9 Å². The van der Waals surface area contributed by atoms with Crippen LogP contribution in [0.2, 0.25) is 0 Å². The molecule has 0 amide bonds. The standard InChI is InChI=1S/C14H22O/c1-11(2)14(12(3)15)10-9-13-7-5-4-6-8-13/h4-8,11-12,14-15H,9-10H2,1-3H3. The molecule has 0 aliphatic heterocycles. The molecule has 1 heteroatoms. The largest absolute Gasteiger partial charge is 0.393 e. The summed E-state index contributed by atoms with van der Waals surface area (Å²) in [6, 6.07) is 10.5. The van der Waals surface area contributed by atoms with E-state index >= 15 is 0 Å². The van der Waals surface area contributed by atoms with Crippen LogP contribution >= 0.6 is 0 Å². The van der Waals surface area contributed by atoms with Gasteiger partial charge in [0.25, 0.3) is 0 Å². The number of aliphatic hydroxyl groups is 1. The summed E-state index contributed by atoms with van der Waals surface area (Å²) in [5.41, 5.74) is 1.36. The van der Waals surface area contributed by atoms with E-state index in [1.165, 1.54) is 5.56 Å². The molecule has 2 atom stereocenters. The van der Waals surface area contributed by atoms with Crippen molar-refractivity contribution in [3.63, 3.8) is 0 Å². The van der Waals surface area contributed by atoms with Crippen LogP contribution in [-0.4, -0.2) is 11.2 Å². The van der Waals surface area contributed by atoms with E-state index in [1.54, 1.807) is 0 Å². The molecular weight excluding hydrogens is 184 g/mol. The molecule has 0 aliphatic carbocycles. The van der Waals surface area contributed by atoms with Crippen LogP contribution in [0, 0.1) is 11.8 Å². The van der Waals surface area contributed by atoms with Gasteiger partial charge in [-0.05, 0) is 37.2 Å². The van der Waals surface area contributed by atoms with Crippen LogP contribution in [0.15, 0.2) is 30.3 Å². The summed E-state index contributed by atoms with van der Waals surface area (Å²) < 4.78 is 0. The van der Waals surface area contributed by atoms with E-state index in [4.69, 9.17) is 0 Å². The fourth-order valence-corrected chi connectivity index (χ4v) is 2.11. The maximum atomic E-state index is 9.66. The quantitative estimate of drug-likeness (QED) is 0.784. The normalized spacial score (nSPS) is 15.3. The molecule has 0 aromatic heterocycles. The van der Waals surface area contributed by atoms with E-state index in [9.17, 15) is 5.11 Å². The smallest absolute Gasteiger partial charge is 0.0542 e. The van der Waals surface area contributed by atoms with Crippen LogP contribution in [-0.2, 0) is 6.42 Å². The number of rotatable bonds is 5. The Morgan fingerprint density at radius 2 is 1.67 bits per heavy atom. The highest BCUT2D eigenvalue weighted by molar-refractivity contribution is 5.14. The average Bonchev–Trinajstić information content (AvgIpc) is 2.18. The van der Waals surface area contributed by atoms with Gasteiger partial charge in [0.1, 0.15) is 0 Å². The zero-order valence-corrected chi connectivity index (χ0v) is 9.98. The van der Waals surface area contributed by atoms with E-state index in [0.717, 1.165) is 12.8 Å². The highest BCUT2D eigenvalue weighted by Crippen LogP contribution is 2.21. The Balaban J connectivity index is 2.47. The summed E-state index contributed by atoms with van der Waals surface area (Å²) in [7, 11) is 0. The van der Waals surface area contributed by atoms with Crippen molar-refractivity contribution in [3.8, 4) is 0 Å². The fourth-order valence-electron chi connectivity index (χ4n) is 2.11. The van der Waals surface area contributed by atoms with Crippen molar-refractivity contribution in [2.24, 2.45) is 11.8 Å². The summed E-state index contributed by atoms with van der Waals surface area (Å²) in [4.78, 5) is 0. The van der Waals surface area contributed by atoms with Gasteiger partial charge in [0.05, 0.1) is 6.10 Å². The minimum Gasteiger partial charge on any atom is -0.393 e. The number of hydrogen-bond donors (Lipinski definition) is 1. The van der Waals surface area contributed by atoms with Crippen LogP contribution in [0.4, 0.5) is 0 Å². The first kappa shape index (κ1) is 12.3. The highest BCUT2D eigenvalue weighted by atomic mass is 16.3. The molecule has 2 unspecified atom stereocenters. The van der Waals surface area contributed by atoms with E-state index in [0.29, 0.717) is 11.8 Å². The summed E-state index contributed by atoms with van der Waals surface area (Å²) in [6.07, 6.45) is 1.93. The molecule has 1 rings (SSSR count). The van der Waals surface area contributed by atoms with Crippen molar-refractivity contribution in [1.82, 2.24) is 0 Å². The van der Waals surface area contributed by atoms with Crippen LogP contribution in [0.25, 0.3) is 0 Å². The van der Waals surface area contributed by atoms with E-state index in [-0.39, 0.29) is 6.10 Å². The second-order valence-corrected chi connectivity index (χ2v) is 4.67. The SMILES string of the molecule is CC(C)C(CCc1ccccc1)C(C)O. The maximum Gasteiger partial charge on any atom is 0.0542 e. The molecule has 0 aliphatic rings. The lowest BCUT2D eigenvalue weighted by Gasteiger charge is -2.23. The Kier molecular flexibility index (Phi) is 4.83. The van der Waals surface area contributed by atoms with E-state index in [1.807, 2.05) is 13.0 Å². The number of hydrogen-bond acceptors (Lipinski definition) is 1. The zero-order chi connectivity index (χ0) is 11.3. The molecule has 0 saturated heterocycles. The molecule has 0 radical (unpaired) electrons. The molecule has 1 nitrogen and oxygen atoms in total. The Labute approximate surface area is 93.1 Å². The van der Waals surface area contributed by atoms with Gasteiger partial charge in [-0.2, -0.15) is 0 Å². The second-order valence-electron chi connectivity index (χ2n) is 4.67. The average molecular weight is 206 g/mol. The number of aryl methyl sites for hydroxylation is 1. The predicted octanol–water partition coefficient (Wildman–Crippen LogP) is 3.27. The molecule has 0 spiro atoms. The Bertz CT molecular complexity index is 256. The minimum absolute atomic E-state index is 0.200. The van der Waals surface area contributed by atoms with Crippen molar-refractivity contribution < 1.29 is 5.11 Å². The lowest BCUT2D eigenvalue weighted by atomic mass is 9.86. The minimum atomic E-state index is -0.200. The van der Waals surface area contributed by atoms with Gasteiger partial charge in [0.2, 0.25) is 0 Å². The molecule has 0 bridgehead atoms. The fraction of sp³-hybridized carbons (Fsp3) is 0.571. The van der Waals surface area contributed by atoms with Crippen LogP contribution < -0.4 is 0 Å². The molecule has 15 heavy (non-hydrogen) atoms. The highest BCUT2D eigenvalue weighted by Gasteiger charge is 2.18. The Hall–Kier alpha value is -0.820. The monoisotopic (exact) mass is 206 g/mol. The van der Waals surface area contributed by atoms with Crippen LogP contribution in [0.3, 0.4) is 0 Å². The molecular formula is C14H22O. The topological polar surface area (TPSA) is 20.2 Å². The van der Waals surface area contributed by atoms with E-state index < -0.39 is 0 Å². The summed E-state index contributed by atoms with van der Waals surface area (Å²) in [5.74, 6) is 0.957. The molecule has 0 fully saturated rings. The maximum absolute atomic E-state index is 9.66. The van der Waals surface area contributed by atoms with Crippen molar-refractivity contribution in [2.45, 2.75) is 39.7 Å². The second kappa shape index (κ2) is 5.92. The van der Waals surface area contributed by atoms with Crippen molar-refractivity contribution in [2.75, 3.05) is 0 Å². The third-order valence-electron chi connectivity index (χ3n) is 3.09. The zero-order valence-electron chi connectivity index (χ0n) is 9.98. The van der Waals surface area contributed by atoms with E-state index in [2.05, 4.69) is 38.1 Å². The Morgan fingerprint density at radius 3 is 2.13 bits per heavy atom. The number of aliphatic hydroxyl groups excluding tert-OH is 1. The first-order chi connectivity index (χ1) is 7.11. The number of benzene rings is 1. The van der Waals surface area contributed by atoms with Gasteiger partial charge in [-0.15, -0.1) is 0 Å². The van der Waals surface area contributed by atoms with Gasteiger partial charge in [0.15, 0.2) is 0 Å². The third-order valence-corrected chi connectivity index (χ3v) is 3.09. The van der Waals surface area contributed by atoms with Crippen molar-refractivity contribution in [1.29, 1.82) is 0 Å². The molecule has 84 valence electrons. The molecule has 1 aromatic carbocycles. The van der Waals surface area contributed by atoms with Gasteiger partial charge in [-0.25, -0.2) is 0 Å². The summed E-state index contributed by atoms with van der Waals surface area (Å²) in [5, 5.41) is 9.66. The van der Waals surface area contributed by atoms with Crippen molar-refractivity contribution >= 4 is 0 Å². The van der Waals surface area contributed by atoms with Crippen LogP contribution in [0.1, 0.15) is 32.8 Å². The summed E-state index contributed by atoms with van der Waals surface area (Å²) >= 11 is 0. The molecule has 1 aromatic rings. The lowest BCUT2D eigenvalue weighted by Crippen LogP contribution is -2.22. The van der Waals surface area contributed by atoms with Gasteiger partial charge in [-0.3, -0.25) is 0 Å². The molecule has 0 heterocycles.